The Kier molecular flexibility index (Phi) is 5.31. The molecule has 0 saturated heterocycles. The van der Waals surface area contributed by atoms with Crippen molar-refractivity contribution in [2.24, 2.45) is 0 Å². The van der Waals surface area contributed by atoms with Crippen molar-refractivity contribution < 1.29 is 9.53 Å². The summed E-state index contributed by atoms with van der Waals surface area (Å²) in [5.74, 6) is -0.0768. The number of hydrogen-bond donors (Lipinski definition) is 1. The smallest absolute Gasteiger partial charge is 0.263 e. The van der Waals surface area contributed by atoms with E-state index in [1.54, 1.807) is 0 Å². The zero-order valence-electron chi connectivity index (χ0n) is 10.5. The number of nitrogens with zero attached hydrogens (tertiary/aromatic N) is 1. The number of carbonyl (C=O) groups excluding carboxylic acids is 1. The summed E-state index contributed by atoms with van der Waals surface area (Å²) in [6, 6.07) is 0. The summed E-state index contributed by atoms with van der Waals surface area (Å²) in [6.07, 6.45) is 0. The van der Waals surface area contributed by atoms with Crippen LogP contribution in [-0.2, 0) is 4.74 Å². The average Bonchev–Trinajstić information content (AvgIpc) is 2.56. The molecule has 4 nitrogen and oxygen atoms in total. The first-order valence-corrected chi connectivity index (χ1v) is 6.26. The zero-order valence-corrected chi connectivity index (χ0v) is 11.3. The van der Waals surface area contributed by atoms with Gasteiger partial charge >= 0.3 is 0 Å². The third-order valence-corrected chi connectivity index (χ3v) is 3.06. The number of thiazole rings is 1. The molecular formula is C12H18N2O2S. The van der Waals surface area contributed by atoms with Crippen molar-refractivity contribution in [1.82, 2.24) is 10.3 Å². The lowest BCUT2D eigenvalue weighted by Gasteiger charge is -2.05. The normalized spacial score (nSPS) is 10.3. The van der Waals surface area contributed by atoms with Crippen molar-refractivity contribution in [3.63, 3.8) is 0 Å². The van der Waals surface area contributed by atoms with Crippen LogP contribution in [0.5, 0.6) is 0 Å². The first-order valence-electron chi connectivity index (χ1n) is 5.45. The van der Waals surface area contributed by atoms with Gasteiger partial charge in [-0.15, -0.1) is 11.3 Å². The Morgan fingerprint density at radius 2 is 2.24 bits per heavy atom. The fourth-order valence-electron chi connectivity index (χ4n) is 1.31. The van der Waals surface area contributed by atoms with E-state index in [0.29, 0.717) is 24.6 Å². The SMILES string of the molecule is C=C(C)COCCNC(=O)c1sc(C)nc1C. The quantitative estimate of drug-likeness (QED) is 0.624. The second-order valence-electron chi connectivity index (χ2n) is 3.91. The second kappa shape index (κ2) is 6.51. The zero-order chi connectivity index (χ0) is 12.8. The van der Waals surface area contributed by atoms with Gasteiger partial charge in [-0.25, -0.2) is 4.98 Å². The largest absolute Gasteiger partial charge is 0.375 e. The first-order chi connectivity index (χ1) is 8.00. The third kappa shape index (κ3) is 4.66. The van der Waals surface area contributed by atoms with Crippen molar-refractivity contribution in [2.75, 3.05) is 19.8 Å². The van der Waals surface area contributed by atoms with E-state index < -0.39 is 0 Å². The lowest BCUT2D eigenvalue weighted by Crippen LogP contribution is -2.27. The number of aromatic nitrogens is 1. The molecule has 17 heavy (non-hydrogen) atoms. The van der Waals surface area contributed by atoms with Crippen LogP contribution in [0, 0.1) is 13.8 Å². The van der Waals surface area contributed by atoms with Gasteiger partial charge in [0.05, 0.1) is 23.9 Å². The summed E-state index contributed by atoms with van der Waals surface area (Å²) >= 11 is 1.41. The predicted molar refractivity (Wildman–Crippen MR) is 69.6 cm³/mol. The van der Waals surface area contributed by atoms with Crippen LogP contribution >= 0.6 is 11.3 Å². The van der Waals surface area contributed by atoms with E-state index in [4.69, 9.17) is 4.74 Å². The van der Waals surface area contributed by atoms with E-state index in [-0.39, 0.29) is 5.91 Å². The minimum absolute atomic E-state index is 0.0768. The van der Waals surface area contributed by atoms with Crippen molar-refractivity contribution in [1.29, 1.82) is 0 Å². The molecule has 0 radical (unpaired) electrons. The van der Waals surface area contributed by atoms with Gasteiger partial charge < -0.3 is 10.1 Å². The Morgan fingerprint density at radius 3 is 2.76 bits per heavy atom. The van der Waals surface area contributed by atoms with E-state index >= 15 is 0 Å². The Bertz CT molecular complexity index is 413. The maximum absolute atomic E-state index is 11.8. The summed E-state index contributed by atoms with van der Waals surface area (Å²) in [5, 5.41) is 3.71. The van der Waals surface area contributed by atoms with Crippen LogP contribution in [0.15, 0.2) is 12.2 Å². The maximum Gasteiger partial charge on any atom is 0.263 e. The molecule has 0 bridgehead atoms. The van der Waals surface area contributed by atoms with Crippen LogP contribution in [0.25, 0.3) is 0 Å². The van der Waals surface area contributed by atoms with E-state index in [1.165, 1.54) is 11.3 Å². The van der Waals surface area contributed by atoms with Crippen LogP contribution in [-0.4, -0.2) is 30.6 Å². The summed E-state index contributed by atoms with van der Waals surface area (Å²) in [6.45, 7) is 10.9. The van der Waals surface area contributed by atoms with Gasteiger partial charge in [0, 0.05) is 6.54 Å². The van der Waals surface area contributed by atoms with Gasteiger partial charge in [-0.3, -0.25) is 4.79 Å². The highest BCUT2D eigenvalue weighted by Gasteiger charge is 2.12. The van der Waals surface area contributed by atoms with Gasteiger partial charge in [-0.05, 0) is 20.8 Å². The molecule has 1 heterocycles. The number of carbonyl (C=O) groups is 1. The van der Waals surface area contributed by atoms with Gasteiger partial charge in [0.15, 0.2) is 0 Å². The van der Waals surface area contributed by atoms with Crippen molar-refractivity contribution >= 4 is 17.2 Å². The summed E-state index contributed by atoms with van der Waals surface area (Å²) in [7, 11) is 0. The standard InChI is InChI=1S/C12H18N2O2S/c1-8(2)7-16-6-5-13-12(15)11-9(3)14-10(4)17-11/h1,5-7H2,2-4H3,(H,13,15). The molecule has 1 aromatic rings. The molecule has 0 aromatic carbocycles. The highest BCUT2D eigenvalue weighted by atomic mass is 32.1. The minimum Gasteiger partial charge on any atom is -0.375 e. The fourth-order valence-corrected chi connectivity index (χ4v) is 2.14. The van der Waals surface area contributed by atoms with E-state index in [1.807, 2.05) is 20.8 Å². The van der Waals surface area contributed by atoms with E-state index in [2.05, 4.69) is 16.9 Å². The Hall–Kier alpha value is -1.20. The van der Waals surface area contributed by atoms with Gasteiger partial charge in [0.2, 0.25) is 0 Å². The molecule has 94 valence electrons. The van der Waals surface area contributed by atoms with Crippen LogP contribution in [0.1, 0.15) is 27.3 Å². The molecular weight excluding hydrogens is 236 g/mol. The van der Waals surface area contributed by atoms with Gasteiger partial charge in [-0.1, -0.05) is 12.2 Å². The number of ether oxygens (including phenoxy) is 1. The summed E-state index contributed by atoms with van der Waals surface area (Å²) in [4.78, 5) is 16.7. The predicted octanol–water partition coefficient (Wildman–Crippen LogP) is 2.08. The number of rotatable bonds is 6. The van der Waals surface area contributed by atoms with Crippen LogP contribution in [0.3, 0.4) is 0 Å². The molecule has 0 aliphatic carbocycles. The molecule has 0 fully saturated rings. The summed E-state index contributed by atoms with van der Waals surface area (Å²) < 4.78 is 5.29. The van der Waals surface area contributed by atoms with Crippen molar-refractivity contribution in [2.45, 2.75) is 20.8 Å². The number of amides is 1. The molecule has 1 N–H and O–H groups in total. The monoisotopic (exact) mass is 254 g/mol. The minimum atomic E-state index is -0.0768. The highest BCUT2D eigenvalue weighted by Crippen LogP contribution is 2.16. The fraction of sp³-hybridized carbons (Fsp3) is 0.500. The Balaban J connectivity index is 2.30. The topological polar surface area (TPSA) is 51.2 Å². The average molecular weight is 254 g/mol. The molecule has 0 atom stereocenters. The van der Waals surface area contributed by atoms with Gasteiger partial charge in [0.25, 0.3) is 5.91 Å². The van der Waals surface area contributed by atoms with Crippen LogP contribution in [0.2, 0.25) is 0 Å². The Labute approximate surface area is 106 Å². The number of aryl methyl sites for hydroxylation is 2. The third-order valence-electron chi connectivity index (χ3n) is 1.99. The molecule has 0 saturated carbocycles. The maximum atomic E-state index is 11.8. The van der Waals surface area contributed by atoms with E-state index in [9.17, 15) is 4.79 Å². The Morgan fingerprint density at radius 1 is 1.53 bits per heavy atom. The number of hydrogen-bond acceptors (Lipinski definition) is 4. The second-order valence-corrected chi connectivity index (χ2v) is 5.12. The molecule has 0 aliphatic rings. The van der Waals surface area contributed by atoms with Gasteiger partial charge in [0.1, 0.15) is 4.88 Å². The van der Waals surface area contributed by atoms with Crippen molar-refractivity contribution in [3.05, 3.63) is 27.7 Å². The van der Waals surface area contributed by atoms with Crippen LogP contribution < -0.4 is 5.32 Å². The highest BCUT2D eigenvalue weighted by molar-refractivity contribution is 7.13. The number of nitrogens with one attached hydrogen (secondary N) is 1. The lowest BCUT2D eigenvalue weighted by molar-refractivity contribution is 0.0930. The molecule has 5 heteroatoms. The first kappa shape index (κ1) is 13.9. The molecule has 0 unspecified atom stereocenters. The summed E-state index contributed by atoms with van der Waals surface area (Å²) in [5.41, 5.74) is 1.76. The molecule has 1 amide bonds. The lowest BCUT2D eigenvalue weighted by atomic mass is 10.4. The van der Waals surface area contributed by atoms with Crippen molar-refractivity contribution in [3.8, 4) is 0 Å². The van der Waals surface area contributed by atoms with E-state index in [0.717, 1.165) is 16.3 Å². The van der Waals surface area contributed by atoms with Gasteiger partial charge in [-0.2, -0.15) is 0 Å². The molecule has 0 aliphatic heterocycles. The molecule has 1 rings (SSSR count). The molecule has 0 spiro atoms. The molecule has 1 aromatic heterocycles. The van der Waals surface area contributed by atoms with Crippen LogP contribution in [0.4, 0.5) is 0 Å².